The molecule has 0 amide bonds. The van der Waals surface area contributed by atoms with Crippen LogP contribution in [0.25, 0.3) is 0 Å². The molecule has 0 saturated heterocycles. The van der Waals surface area contributed by atoms with E-state index in [4.69, 9.17) is 8.85 Å². The van der Waals surface area contributed by atoms with Gasteiger partial charge in [0, 0.05) is 0 Å². The summed E-state index contributed by atoms with van der Waals surface area (Å²) in [4.78, 5) is 0. The summed E-state index contributed by atoms with van der Waals surface area (Å²) in [5.74, 6) is 2.28. The van der Waals surface area contributed by atoms with Crippen molar-refractivity contribution in [2.24, 2.45) is 0 Å². The fourth-order valence-corrected chi connectivity index (χ4v) is 6.79. The second-order valence-corrected chi connectivity index (χ2v) is 9.77. The van der Waals surface area contributed by atoms with E-state index in [-0.39, 0.29) is 0 Å². The van der Waals surface area contributed by atoms with Crippen LogP contribution >= 0.6 is 0 Å². The van der Waals surface area contributed by atoms with E-state index in [1.807, 2.05) is 0 Å². The maximum atomic E-state index is 6.22. The Morgan fingerprint density at radius 1 is 0.630 bits per heavy atom. The van der Waals surface area contributed by atoms with Crippen molar-refractivity contribution in [1.29, 1.82) is 0 Å². The summed E-state index contributed by atoms with van der Waals surface area (Å²) in [6.45, 7) is 8.90. The first-order valence-corrected chi connectivity index (χ1v) is 13.9. The standard InChI is InChI=1S/C23H36O2Si2/c1-5-18-12-9-14-22(20(18)7-3)24-26-16-11-17-27-25-23-15-10-13-19(6-2)21(23)8-4/h9-10,12-15H,5-8,11,16-17,26-27H2,1-4H3. The third-order valence-corrected chi connectivity index (χ3v) is 7.84. The Hall–Kier alpha value is -1.53. The van der Waals surface area contributed by atoms with Gasteiger partial charge in [0.05, 0.1) is 0 Å². The highest BCUT2D eigenvalue weighted by Crippen LogP contribution is 2.25. The highest BCUT2D eigenvalue weighted by atomic mass is 28.2. The van der Waals surface area contributed by atoms with Crippen LogP contribution in [0, 0.1) is 0 Å². The smallest absolute Gasteiger partial charge is 0.219 e. The first-order chi connectivity index (χ1) is 13.2. The lowest BCUT2D eigenvalue weighted by Gasteiger charge is -2.15. The zero-order valence-electron chi connectivity index (χ0n) is 17.6. The minimum absolute atomic E-state index is 0.488. The molecule has 2 nitrogen and oxygen atoms in total. The van der Waals surface area contributed by atoms with E-state index < -0.39 is 19.5 Å². The fourth-order valence-electron chi connectivity index (χ4n) is 3.70. The molecule has 0 aliphatic heterocycles. The molecule has 0 unspecified atom stereocenters. The Morgan fingerprint density at radius 3 is 1.44 bits per heavy atom. The van der Waals surface area contributed by atoms with Crippen molar-refractivity contribution in [2.45, 2.75) is 71.9 Å². The summed E-state index contributed by atoms with van der Waals surface area (Å²) in [6.07, 6.45) is 5.55. The van der Waals surface area contributed by atoms with E-state index in [2.05, 4.69) is 64.1 Å². The van der Waals surface area contributed by atoms with E-state index in [9.17, 15) is 0 Å². The van der Waals surface area contributed by atoms with E-state index in [0.717, 1.165) is 37.2 Å². The summed E-state index contributed by atoms with van der Waals surface area (Å²) in [6, 6.07) is 15.5. The number of aryl methyl sites for hydroxylation is 2. The van der Waals surface area contributed by atoms with Crippen molar-refractivity contribution in [1.82, 2.24) is 0 Å². The van der Waals surface area contributed by atoms with Crippen molar-refractivity contribution in [3.63, 3.8) is 0 Å². The molecule has 2 rings (SSSR count). The number of hydrogen-bond donors (Lipinski definition) is 0. The Balaban J connectivity index is 1.72. The Labute approximate surface area is 170 Å². The summed E-state index contributed by atoms with van der Waals surface area (Å²) >= 11 is 0. The van der Waals surface area contributed by atoms with Crippen LogP contribution in [0.5, 0.6) is 11.5 Å². The topological polar surface area (TPSA) is 18.5 Å². The van der Waals surface area contributed by atoms with Gasteiger partial charge >= 0.3 is 0 Å². The lowest BCUT2D eigenvalue weighted by molar-refractivity contribution is 0.572. The molecule has 0 aliphatic rings. The SMILES string of the molecule is CCc1cccc(O[SiH2]CCC[SiH2]Oc2cccc(CC)c2CC)c1CC. The van der Waals surface area contributed by atoms with Gasteiger partial charge in [-0.3, -0.25) is 0 Å². The quantitative estimate of drug-likeness (QED) is 0.377. The summed E-state index contributed by atoms with van der Waals surface area (Å²) in [7, 11) is -0.976. The van der Waals surface area contributed by atoms with Gasteiger partial charge in [0.15, 0.2) is 0 Å². The molecule has 27 heavy (non-hydrogen) atoms. The molecule has 2 aromatic rings. The molecule has 4 heteroatoms. The first kappa shape index (κ1) is 21.8. The lowest BCUT2D eigenvalue weighted by atomic mass is 10.0. The molecule has 0 aliphatic carbocycles. The minimum atomic E-state index is -0.488. The summed E-state index contributed by atoms with van der Waals surface area (Å²) in [5.41, 5.74) is 5.69. The van der Waals surface area contributed by atoms with Crippen LogP contribution in [-0.2, 0) is 25.7 Å². The third kappa shape index (κ3) is 6.25. The normalized spacial score (nSPS) is 11.7. The van der Waals surface area contributed by atoms with Crippen molar-refractivity contribution in [2.75, 3.05) is 0 Å². The predicted molar refractivity (Wildman–Crippen MR) is 123 cm³/mol. The Bertz CT molecular complexity index is 641. The molecular weight excluding hydrogens is 364 g/mol. The molecule has 0 aromatic heterocycles. The highest BCUT2D eigenvalue weighted by molar-refractivity contribution is 6.30. The number of hydrogen-bond acceptors (Lipinski definition) is 2. The summed E-state index contributed by atoms with van der Waals surface area (Å²) in [5, 5.41) is 0. The predicted octanol–water partition coefficient (Wildman–Crippen LogP) is 4.79. The average Bonchev–Trinajstić information content (AvgIpc) is 2.72. The monoisotopic (exact) mass is 400 g/mol. The van der Waals surface area contributed by atoms with Crippen LogP contribution in [0.1, 0.15) is 56.4 Å². The molecule has 0 fully saturated rings. The molecule has 2 aromatic carbocycles. The maximum Gasteiger partial charge on any atom is 0.219 e. The molecule has 0 N–H and O–H groups in total. The van der Waals surface area contributed by atoms with Gasteiger partial charge in [-0.1, -0.05) is 58.4 Å². The Morgan fingerprint density at radius 2 is 1.07 bits per heavy atom. The largest absolute Gasteiger partial charge is 0.549 e. The van der Waals surface area contributed by atoms with Crippen molar-refractivity contribution in [3.05, 3.63) is 58.7 Å². The zero-order valence-corrected chi connectivity index (χ0v) is 20.5. The van der Waals surface area contributed by atoms with E-state index in [0.29, 0.717) is 0 Å². The van der Waals surface area contributed by atoms with Crippen LogP contribution < -0.4 is 8.85 Å². The van der Waals surface area contributed by atoms with Crippen molar-refractivity contribution >= 4 is 19.5 Å². The van der Waals surface area contributed by atoms with E-state index in [1.54, 1.807) is 0 Å². The van der Waals surface area contributed by atoms with Gasteiger partial charge in [0.2, 0.25) is 19.5 Å². The van der Waals surface area contributed by atoms with E-state index >= 15 is 0 Å². The molecule has 0 saturated carbocycles. The first-order valence-electron chi connectivity index (χ1n) is 10.7. The molecule has 0 heterocycles. The van der Waals surface area contributed by atoms with Crippen molar-refractivity contribution < 1.29 is 8.85 Å². The van der Waals surface area contributed by atoms with Gasteiger partial charge in [-0.2, -0.15) is 0 Å². The highest BCUT2D eigenvalue weighted by Gasteiger charge is 2.08. The number of rotatable bonds is 12. The second kappa shape index (κ2) is 12.0. The fraction of sp³-hybridized carbons (Fsp3) is 0.478. The lowest BCUT2D eigenvalue weighted by Crippen LogP contribution is -2.08. The summed E-state index contributed by atoms with van der Waals surface area (Å²) < 4.78 is 12.4. The van der Waals surface area contributed by atoms with Gasteiger partial charge in [-0.15, -0.1) is 0 Å². The molecule has 0 bridgehead atoms. The second-order valence-electron chi connectivity index (χ2n) is 6.96. The van der Waals surface area contributed by atoms with Crippen LogP contribution in [-0.4, -0.2) is 19.5 Å². The van der Waals surface area contributed by atoms with Gasteiger partial charge in [-0.25, -0.2) is 0 Å². The van der Waals surface area contributed by atoms with Crippen molar-refractivity contribution in [3.8, 4) is 11.5 Å². The van der Waals surface area contributed by atoms with Crippen LogP contribution in [0.3, 0.4) is 0 Å². The molecule has 0 radical (unpaired) electrons. The zero-order chi connectivity index (χ0) is 19.5. The van der Waals surface area contributed by atoms with Gasteiger partial charge in [0.25, 0.3) is 0 Å². The molecular formula is C23H36O2Si2. The minimum Gasteiger partial charge on any atom is -0.549 e. The van der Waals surface area contributed by atoms with Gasteiger partial charge in [-0.05, 0) is 72.2 Å². The van der Waals surface area contributed by atoms with E-state index in [1.165, 1.54) is 40.8 Å². The van der Waals surface area contributed by atoms with Gasteiger partial charge < -0.3 is 8.85 Å². The van der Waals surface area contributed by atoms with Crippen LogP contribution in [0.4, 0.5) is 0 Å². The van der Waals surface area contributed by atoms with Crippen LogP contribution in [0.2, 0.25) is 12.1 Å². The van der Waals surface area contributed by atoms with Crippen LogP contribution in [0.15, 0.2) is 36.4 Å². The Kier molecular flexibility index (Phi) is 9.70. The average molecular weight is 401 g/mol. The third-order valence-electron chi connectivity index (χ3n) is 5.23. The van der Waals surface area contributed by atoms with Gasteiger partial charge in [0.1, 0.15) is 11.5 Å². The molecule has 0 atom stereocenters. The maximum absolute atomic E-state index is 6.22. The molecule has 0 spiro atoms. The number of benzene rings is 2. The molecule has 148 valence electrons.